The van der Waals surface area contributed by atoms with Crippen LogP contribution in [0.2, 0.25) is 0 Å². The standard InChI is InChI=1S/C13H14FN3O/c1-2-7-18-11-6-4-3-5-9(11)12-10(14)8-16-13(15)17-12/h3-6,8H,2,7H2,1H3,(H2,15,16,17). The zero-order chi connectivity index (χ0) is 13.0. The molecule has 0 unspecified atom stereocenters. The van der Waals surface area contributed by atoms with Crippen LogP contribution in [0, 0.1) is 5.82 Å². The molecule has 0 radical (unpaired) electrons. The van der Waals surface area contributed by atoms with E-state index in [0.717, 1.165) is 12.6 Å². The van der Waals surface area contributed by atoms with Gasteiger partial charge < -0.3 is 10.5 Å². The monoisotopic (exact) mass is 247 g/mol. The van der Waals surface area contributed by atoms with Gasteiger partial charge in [0, 0.05) is 5.56 Å². The molecule has 2 aromatic rings. The second-order valence-electron chi connectivity index (χ2n) is 3.77. The van der Waals surface area contributed by atoms with Crippen LogP contribution in [0.15, 0.2) is 30.5 Å². The van der Waals surface area contributed by atoms with E-state index in [1.165, 1.54) is 0 Å². The SMILES string of the molecule is CCCOc1ccccc1-c1nc(N)ncc1F. The van der Waals surface area contributed by atoms with Crippen LogP contribution in [0.4, 0.5) is 10.3 Å². The van der Waals surface area contributed by atoms with Crippen molar-refractivity contribution >= 4 is 5.95 Å². The largest absolute Gasteiger partial charge is 0.493 e. The molecule has 2 rings (SSSR count). The fourth-order valence-corrected chi connectivity index (χ4v) is 1.57. The van der Waals surface area contributed by atoms with E-state index in [1.807, 2.05) is 13.0 Å². The number of nitrogens with two attached hydrogens (primary N) is 1. The number of hydrogen-bond acceptors (Lipinski definition) is 4. The molecule has 0 aliphatic rings. The summed E-state index contributed by atoms with van der Waals surface area (Å²) in [6, 6.07) is 7.15. The maximum atomic E-state index is 13.7. The van der Waals surface area contributed by atoms with Crippen molar-refractivity contribution in [1.29, 1.82) is 0 Å². The summed E-state index contributed by atoms with van der Waals surface area (Å²) in [7, 11) is 0. The average Bonchev–Trinajstić information content (AvgIpc) is 2.39. The summed E-state index contributed by atoms with van der Waals surface area (Å²) in [6.45, 7) is 2.57. The number of benzene rings is 1. The molecule has 0 atom stereocenters. The van der Waals surface area contributed by atoms with E-state index in [4.69, 9.17) is 10.5 Å². The molecule has 0 aliphatic heterocycles. The van der Waals surface area contributed by atoms with Gasteiger partial charge in [0.05, 0.1) is 12.8 Å². The Morgan fingerprint density at radius 2 is 2.11 bits per heavy atom. The summed E-state index contributed by atoms with van der Waals surface area (Å²) in [4.78, 5) is 7.53. The number of rotatable bonds is 4. The summed E-state index contributed by atoms with van der Waals surface area (Å²) >= 11 is 0. The molecule has 18 heavy (non-hydrogen) atoms. The topological polar surface area (TPSA) is 61.0 Å². The molecule has 5 heteroatoms. The number of nitrogen functional groups attached to an aromatic ring is 1. The fraction of sp³-hybridized carbons (Fsp3) is 0.231. The minimum Gasteiger partial charge on any atom is -0.493 e. The highest BCUT2D eigenvalue weighted by Gasteiger charge is 2.13. The van der Waals surface area contributed by atoms with Gasteiger partial charge in [0.15, 0.2) is 5.82 Å². The molecule has 94 valence electrons. The minimum absolute atomic E-state index is 0.0386. The Balaban J connectivity index is 2.46. The summed E-state index contributed by atoms with van der Waals surface area (Å²) in [6.07, 6.45) is 1.94. The number of ether oxygens (including phenoxy) is 1. The van der Waals surface area contributed by atoms with Crippen molar-refractivity contribution in [2.24, 2.45) is 0 Å². The van der Waals surface area contributed by atoms with E-state index in [9.17, 15) is 4.39 Å². The molecule has 2 N–H and O–H groups in total. The third kappa shape index (κ3) is 2.56. The summed E-state index contributed by atoms with van der Waals surface area (Å²) < 4.78 is 19.3. The predicted octanol–water partition coefficient (Wildman–Crippen LogP) is 2.65. The highest BCUT2D eigenvalue weighted by molar-refractivity contribution is 5.68. The molecule has 1 aromatic heterocycles. The van der Waals surface area contributed by atoms with Gasteiger partial charge in [-0.25, -0.2) is 14.4 Å². The van der Waals surface area contributed by atoms with Crippen molar-refractivity contribution in [2.45, 2.75) is 13.3 Å². The summed E-state index contributed by atoms with van der Waals surface area (Å²) in [5, 5.41) is 0. The number of hydrogen-bond donors (Lipinski definition) is 1. The second-order valence-corrected chi connectivity index (χ2v) is 3.77. The molecule has 0 fully saturated rings. The van der Waals surface area contributed by atoms with Crippen molar-refractivity contribution in [1.82, 2.24) is 9.97 Å². The Morgan fingerprint density at radius 1 is 1.33 bits per heavy atom. The van der Waals surface area contributed by atoms with Gasteiger partial charge in [-0.15, -0.1) is 0 Å². The number of anilines is 1. The zero-order valence-corrected chi connectivity index (χ0v) is 10.1. The molecule has 0 saturated carbocycles. The minimum atomic E-state index is -0.517. The highest BCUT2D eigenvalue weighted by Crippen LogP contribution is 2.30. The summed E-state index contributed by atoms with van der Waals surface area (Å²) in [5.74, 6) is 0.116. The molecule has 1 aromatic carbocycles. The van der Waals surface area contributed by atoms with Gasteiger partial charge >= 0.3 is 0 Å². The third-order valence-corrected chi connectivity index (χ3v) is 2.37. The van der Waals surface area contributed by atoms with E-state index < -0.39 is 5.82 Å². The smallest absolute Gasteiger partial charge is 0.220 e. The molecule has 0 aliphatic carbocycles. The Bertz CT molecular complexity index is 546. The molecular formula is C13H14FN3O. The second kappa shape index (κ2) is 5.44. The normalized spacial score (nSPS) is 10.3. The maximum Gasteiger partial charge on any atom is 0.220 e. The number of aromatic nitrogens is 2. The van der Waals surface area contributed by atoms with Gasteiger partial charge in [-0.05, 0) is 18.6 Å². The Labute approximate surface area is 105 Å². The van der Waals surface area contributed by atoms with Gasteiger partial charge in [-0.1, -0.05) is 19.1 Å². The lowest BCUT2D eigenvalue weighted by molar-refractivity contribution is 0.318. The molecule has 4 nitrogen and oxygen atoms in total. The fourth-order valence-electron chi connectivity index (χ4n) is 1.57. The Hall–Kier alpha value is -2.17. The van der Waals surface area contributed by atoms with E-state index in [0.29, 0.717) is 17.9 Å². The summed E-state index contributed by atoms with van der Waals surface area (Å²) in [5.41, 5.74) is 6.23. The molecular weight excluding hydrogens is 233 g/mol. The van der Waals surface area contributed by atoms with E-state index in [2.05, 4.69) is 9.97 Å². The van der Waals surface area contributed by atoms with Gasteiger partial charge in [-0.3, -0.25) is 0 Å². The van der Waals surface area contributed by atoms with Crippen LogP contribution in [-0.4, -0.2) is 16.6 Å². The maximum absolute atomic E-state index is 13.7. The van der Waals surface area contributed by atoms with Crippen molar-refractivity contribution in [3.63, 3.8) is 0 Å². The lowest BCUT2D eigenvalue weighted by Crippen LogP contribution is -2.01. The molecule has 1 heterocycles. The molecule has 0 amide bonds. The van der Waals surface area contributed by atoms with Gasteiger partial charge in [-0.2, -0.15) is 0 Å². The van der Waals surface area contributed by atoms with Gasteiger partial charge in [0.25, 0.3) is 0 Å². The van der Waals surface area contributed by atoms with Gasteiger partial charge in [0.1, 0.15) is 11.4 Å². The lowest BCUT2D eigenvalue weighted by atomic mass is 10.1. The first-order valence-electron chi connectivity index (χ1n) is 5.72. The molecule has 0 spiro atoms. The number of halogens is 1. The van der Waals surface area contributed by atoms with Crippen molar-refractivity contribution in [2.75, 3.05) is 12.3 Å². The van der Waals surface area contributed by atoms with E-state index >= 15 is 0 Å². The Kier molecular flexibility index (Phi) is 3.72. The van der Waals surface area contributed by atoms with E-state index in [1.54, 1.807) is 18.2 Å². The lowest BCUT2D eigenvalue weighted by Gasteiger charge is -2.10. The van der Waals surface area contributed by atoms with Crippen LogP contribution >= 0.6 is 0 Å². The predicted molar refractivity (Wildman–Crippen MR) is 67.6 cm³/mol. The first kappa shape index (κ1) is 12.3. The van der Waals surface area contributed by atoms with Crippen LogP contribution < -0.4 is 10.5 Å². The molecule has 0 saturated heterocycles. The van der Waals surface area contributed by atoms with Crippen molar-refractivity contribution < 1.29 is 9.13 Å². The van der Waals surface area contributed by atoms with Crippen molar-refractivity contribution in [3.05, 3.63) is 36.3 Å². The van der Waals surface area contributed by atoms with Crippen LogP contribution in [0.3, 0.4) is 0 Å². The first-order chi connectivity index (χ1) is 8.72. The first-order valence-corrected chi connectivity index (χ1v) is 5.72. The Morgan fingerprint density at radius 3 is 2.89 bits per heavy atom. The van der Waals surface area contributed by atoms with Gasteiger partial charge in [0.2, 0.25) is 5.95 Å². The van der Waals surface area contributed by atoms with Crippen LogP contribution in [0.5, 0.6) is 5.75 Å². The quantitative estimate of drug-likeness (QED) is 0.902. The average molecular weight is 247 g/mol. The number of para-hydroxylation sites is 1. The van der Waals surface area contributed by atoms with Crippen molar-refractivity contribution in [3.8, 4) is 17.0 Å². The third-order valence-electron chi connectivity index (χ3n) is 2.37. The van der Waals surface area contributed by atoms with Crippen LogP contribution in [0.1, 0.15) is 13.3 Å². The van der Waals surface area contributed by atoms with E-state index in [-0.39, 0.29) is 11.6 Å². The van der Waals surface area contributed by atoms with Crippen LogP contribution in [-0.2, 0) is 0 Å². The van der Waals surface area contributed by atoms with Crippen LogP contribution in [0.25, 0.3) is 11.3 Å². The zero-order valence-electron chi connectivity index (χ0n) is 10.1. The number of nitrogens with zero attached hydrogens (tertiary/aromatic N) is 2. The molecule has 0 bridgehead atoms. The highest BCUT2D eigenvalue weighted by atomic mass is 19.1.